The summed E-state index contributed by atoms with van der Waals surface area (Å²) < 4.78 is 7.52. The number of rotatable bonds is 6. The first-order chi connectivity index (χ1) is 21.4. The summed E-state index contributed by atoms with van der Waals surface area (Å²) in [5, 5.41) is 7.86. The third-order valence-corrected chi connectivity index (χ3v) is 13.5. The summed E-state index contributed by atoms with van der Waals surface area (Å²) in [5.41, 5.74) is 0.562. The quantitative estimate of drug-likeness (QED) is 0.175. The van der Waals surface area contributed by atoms with Gasteiger partial charge in [0.2, 0.25) is 0 Å². The summed E-state index contributed by atoms with van der Waals surface area (Å²) in [5.74, 6) is 1.03. The smallest absolute Gasteiger partial charge is 0.132 e. The average molecular weight is 611 g/mol. The Balaban J connectivity index is 1.57. The van der Waals surface area contributed by atoms with Crippen molar-refractivity contribution in [1.82, 2.24) is 0 Å². The van der Waals surface area contributed by atoms with Crippen molar-refractivity contribution < 1.29 is 4.74 Å². The molecule has 5 aromatic rings. The molecule has 0 spiro atoms. The van der Waals surface area contributed by atoms with Crippen molar-refractivity contribution in [3.63, 3.8) is 0 Å². The Labute approximate surface area is 265 Å². The molecule has 5 aromatic carbocycles. The Morgan fingerprint density at radius 2 is 0.977 bits per heavy atom. The number of hydrogen-bond acceptors (Lipinski definition) is 1. The van der Waals surface area contributed by atoms with Crippen LogP contribution in [0.25, 0.3) is 0 Å². The SMILES string of the molecule is CC1(C)Oc2c(P(c3ccccc3)c3ccccc3)cccc2C(C)(C)C/C=C\C=C/1P(c1ccccc1)c1ccccc1. The molecule has 6 rings (SSSR count). The number of allylic oxidation sites excluding steroid dienone is 3. The van der Waals surface area contributed by atoms with Gasteiger partial charge in [-0.3, -0.25) is 0 Å². The maximum atomic E-state index is 7.52. The maximum Gasteiger partial charge on any atom is 0.132 e. The molecule has 0 atom stereocenters. The minimum Gasteiger partial charge on any atom is -0.482 e. The van der Waals surface area contributed by atoms with Crippen molar-refractivity contribution in [3.8, 4) is 5.75 Å². The molecule has 3 heteroatoms. The van der Waals surface area contributed by atoms with Gasteiger partial charge >= 0.3 is 0 Å². The lowest BCUT2D eigenvalue weighted by Crippen LogP contribution is -2.37. The van der Waals surface area contributed by atoms with Gasteiger partial charge in [-0.1, -0.05) is 172 Å². The molecule has 44 heavy (non-hydrogen) atoms. The highest BCUT2D eigenvalue weighted by molar-refractivity contribution is 7.80. The summed E-state index contributed by atoms with van der Waals surface area (Å²) in [7, 11) is -1.70. The van der Waals surface area contributed by atoms with Crippen LogP contribution in [0.5, 0.6) is 5.75 Å². The number of hydrogen-bond donors (Lipinski definition) is 0. The summed E-state index contributed by atoms with van der Waals surface area (Å²) in [6, 6.07) is 50.6. The molecule has 0 bridgehead atoms. The second kappa shape index (κ2) is 13.1. The van der Waals surface area contributed by atoms with Gasteiger partial charge in [-0.15, -0.1) is 0 Å². The third kappa shape index (κ3) is 6.37. The van der Waals surface area contributed by atoms with Crippen LogP contribution in [0.15, 0.2) is 163 Å². The van der Waals surface area contributed by atoms with Crippen LogP contribution < -0.4 is 31.3 Å². The van der Waals surface area contributed by atoms with Gasteiger partial charge in [-0.2, -0.15) is 0 Å². The summed E-state index contributed by atoms with van der Waals surface area (Å²) in [6.07, 6.45) is 7.87. The normalized spacial score (nSPS) is 17.6. The fourth-order valence-corrected chi connectivity index (χ4v) is 11.0. The Morgan fingerprint density at radius 3 is 1.45 bits per heavy atom. The third-order valence-electron chi connectivity index (χ3n) is 8.26. The lowest BCUT2D eigenvalue weighted by atomic mass is 9.80. The molecule has 0 aliphatic carbocycles. The Kier molecular flexibility index (Phi) is 9.00. The molecular weight excluding hydrogens is 570 g/mol. The van der Waals surface area contributed by atoms with E-state index in [9.17, 15) is 0 Å². The molecule has 0 saturated heterocycles. The molecule has 0 amide bonds. The fourth-order valence-electron chi connectivity index (χ4n) is 5.99. The van der Waals surface area contributed by atoms with Crippen molar-refractivity contribution in [2.24, 2.45) is 0 Å². The van der Waals surface area contributed by atoms with Crippen LogP contribution >= 0.6 is 15.8 Å². The van der Waals surface area contributed by atoms with Crippen LogP contribution in [0.3, 0.4) is 0 Å². The molecule has 1 aliphatic rings. The Morgan fingerprint density at radius 1 is 0.523 bits per heavy atom. The first-order valence-electron chi connectivity index (χ1n) is 15.4. The van der Waals surface area contributed by atoms with Gasteiger partial charge < -0.3 is 4.74 Å². The van der Waals surface area contributed by atoms with Gasteiger partial charge in [-0.05, 0) is 62.7 Å². The van der Waals surface area contributed by atoms with Crippen molar-refractivity contribution in [2.75, 3.05) is 0 Å². The van der Waals surface area contributed by atoms with E-state index < -0.39 is 21.4 Å². The lowest BCUT2D eigenvalue weighted by molar-refractivity contribution is 0.155. The lowest BCUT2D eigenvalue weighted by Gasteiger charge is -2.39. The van der Waals surface area contributed by atoms with E-state index in [2.05, 4.69) is 185 Å². The van der Waals surface area contributed by atoms with E-state index in [4.69, 9.17) is 4.74 Å². The van der Waals surface area contributed by atoms with E-state index in [0.717, 1.165) is 12.2 Å². The summed E-state index contributed by atoms with van der Waals surface area (Å²) in [6.45, 7) is 9.21. The van der Waals surface area contributed by atoms with Gasteiger partial charge in [0.15, 0.2) is 0 Å². The molecule has 1 heterocycles. The van der Waals surface area contributed by atoms with Gasteiger partial charge in [-0.25, -0.2) is 0 Å². The van der Waals surface area contributed by atoms with Crippen LogP contribution in [-0.2, 0) is 5.41 Å². The predicted molar refractivity (Wildman–Crippen MR) is 194 cm³/mol. The van der Waals surface area contributed by atoms with Crippen LogP contribution in [0, 0.1) is 0 Å². The number of benzene rings is 5. The first-order valence-corrected chi connectivity index (χ1v) is 18.0. The highest BCUT2D eigenvalue weighted by Gasteiger charge is 2.37. The molecule has 0 fully saturated rings. The van der Waals surface area contributed by atoms with Crippen LogP contribution in [-0.4, -0.2) is 5.60 Å². The predicted octanol–water partition coefficient (Wildman–Crippen LogP) is 8.86. The zero-order valence-electron chi connectivity index (χ0n) is 26.0. The first kappa shape index (κ1) is 30.3. The van der Waals surface area contributed by atoms with E-state index in [1.54, 1.807) is 0 Å². The van der Waals surface area contributed by atoms with Gasteiger partial charge in [0.05, 0.1) is 0 Å². The average Bonchev–Trinajstić information content (AvgIpc) is 3.04. The Bertz CT molecular complexity index is 1660. The van der Waals surface area contributed by atoms with E-state index in [1.165, 1.54) is 37.4 Å². The maximum absolute atomic E-state index is 7.52. The number of para-hydroxylation sites is 1. The highest BCUT2D eigenvalue weighted by Crippen LogP contribution is 2.51. The summed E-state index contributed by atoms with van der Waals surface area (Å²) >= 11 is 0. The van der Waals surface area contributed by atoms with E-state index in [0.29, 0.717) is 0 Å². The van der Waals surface area contributed by atoms with Gasteiger partial charge in [0.1, 0.15) is 11.4 Å². The molecule has 0 unspecified atom stereocenters. The van der Waals surface area contributed by atoms with Crippen molar-refractivity contribution in [1.29, 1.82) is 0 Å². The monoisotopic (exact) mass is 610 g/mol. The van der Waals surface area contributed by atoms with E-state index >= 15 is 0 Å². The van der Waals surface area contributed by atoms with Gasteiger partial charge in [0, 0.05) is 16.2 Å². The number of fused-ring (bicyclic) bond motifs is 1. The van der Waals surface area contributed by atoms with Crippen LogP contribution in [0.1, 0.15) is 39.7 Å². The minimum absolute atomic E-state index is 0.110. The summed E-state index contributed by atoms with van der Waals surface area (Å²) in [4.78, 5) is 0. The molecule has 0 saturated carbocycles. The van der Waals surface area contributed by atoms with E-state index in [-0.39, 0.29) is 5.41 Å². The molecule has 1 aliphatic heterocycles. The van der Waals surface area contributed by atoms with Crippen LogP contribution in [0.4, 0.5) is 0 Å². The van der Waals surface area contributed by atoms with Gasteiger partial charge in [0.25, 0.3) is 0 Å². The fraction of sp³-hybridized carbons (Fsp3) is 0.171. The zero-order chi connectivity index (χ0) is 30.6. The largest absolute Gasteiger partial charge is 0.482 e. The zero-order valence-corrected chi connectivity index (χ0v) is 27.8. The molecule has 0 aromatic heterocycles. The number of ether oxygens (including phenoxy) is 1. The molecule has 1 nitrogen and oxygen atoms in total. The molecule has 0 N–H and O–H groups in total. The highest BCUT2D eigenvalue weighted by atomic mass is 31.1. The molecule has 220 valence electrons. The van der Waals surface area contributed by atoms with Crippen molar-refractivity contribution in [2.45, 2.75) is 45.1 Å². The standard InChI is InChI=1S/C41H40OP2/c1-40(2)31-18-17-30-38(44(34-24-13-7-14-25-34)35-26-15-8-16-27-35)41(3,4)42-39-36(40)28-19-29-37(39)43(32-20-9-5-10-21-32)33-22-11-6-12-23-33/h5-30H,31H2,1-4H3/b18-17-,38-30+. The second-order valence-electron chi connectivity index (χ2n) is 12.3. The van der Waals surface area contributed by atoms with Crippen molar-refractivity contribution >= 4 is 42.4 Å². The topological polar surface area (TPSA) is 9.23 Å². The minimum atomic E-state index is -0.854. The van der Waals surface area contributed by atoms with E-state index in [1.807, 2.05) is 0 Å². The second-order valence-corrected chi connectivity index (χ2v) is 16.7. The van der Waals surface area contributed by atoms with Crippen LogP contribution in [0.2, 0.25) is 0 Å². The van der Waals surface area contributed by atoms with Crippen molar-refractivity contribution in [3.05, 3.63) is 169 Å². The Hall–Kier alpha value is -3.76. The molecular formula is C41H40OP2. The molecule has 0 radical (unpaired) electrons.